The largest absolute Gasteiger partial charge is 0.383 e. The molecule has 0 bridgehead atoms. The zero-order chi connectivity index (χ0) is 13.7. The molecule has 5 nitrogen and oxygen atoms in total. The van der Waals surface area contributed by atoms with E-state index in [-0.39, 0.29) is 0 Å². The first kappa shape index (κ1) is 14.2. The number of nitrogens with zero attached hydrogens (tertiary/aromatic N) is 4. The van der Waals surface area contributed by atoms with E-state index in [0.29, 0.717) is 6.04 Å². The highest BCUT2D eigenvalue weighted by atomic mass is 16.5. The number of methoxy groups -OCH3 is 1. The number of hydrogen-bond donors (Lipinski definition) is 0. The molecule has 1 aromatic heterocycles. The maximum absolute atomic E-state index is 5.16. The molecule has 1 atom stereocenters. The highest BCUT2D eigenvalue weighted by Gasteiger charge is 2.24. The Morgan fingerprint density at radius 3 is 2.84 bits per heavy atom. The molecule has 0 N–H and O–H groups in total. The number of piperidine rings is 1. The average molecular weight is 264 g/mol. The van der Waals surface area contributed by atoms with Crippen LogP contribution in [0.3, 0.4) is 0 Å². The first-order valence-electron chi connectivity index (χ1n) is 6.93. The summed E-state index contributed by atoms with van der Waals surface area (Å²) in [6, 6.07) is 0.494. The smallest absolute Gasteiger partial charge is 0.225 e. The molecule has 0 saturated carbocycles. The van der Waals surface area contributed by atoms with Gasteiger partial charge < -0.3 is 9.64 Å². The van der Waals surface area contributed by atoms with E-state index in [1.807, 2.05) is 19.3 Å². The number of aryl methyl sites for hydroxylation is 1. The third kappa shape index (κ3) is 3.88. The number of rotatable bonds is 5. The van der Waals surface area contributed by atoms with Crippen LogP contribution >= 0.6 is 0 Å². The van der Waals surface area contributed by atoms with Crippen LogP contribution in [0.4, 0.5) is 5.95 Å². The van der Waals surface area contributed by atoms with E-state index >= 15 is 0 Å². The van der Waals surface area contributed by atoms with Crippen molar-refractivity contribution in [1.29, 1.82) is 0 Å². The Bertz CT molecular complexity index is 382. The van der Waals surface area contributed by atoms with Gasteiger partial charge in [0.25, 0.3) is 0 Å². The monoisotopic (exact) mass is 264 g/mol. The van der Waals surface area contributed by atoms with Crippen molar-refractivity contribution in [3.8, 4) is 0 Å². The van der Waals surface area contributed by atoms with E-state index in [1.54, 1.807) is 7.11 Å². The van der Waals surface area contributed by atoms with Gasteiger partial charge in [0.2, 0.25) is 5.95 Å². The molecule has 1 unspecified atom stereocenters. The number of aromatic nitrogens is 2. The van der Waals surface area contributed by atoms with Gasteiger partial charge in [0.05, 0.1) is 6.61 Å². The summed E-state index contributed by atoms with van der Waals surface area (Å²) in [4.78, 5) is 13.5. The molecule has 106 valence electrons. The maximum atomic E-state index is 5.16. The molecule has 0 amide bonds. The number of hydrogen-bond acceptors (Lipinski definition) is 5. The lowest BCUT2D eigenvalue weighted by Gasteiger charge is -2.37. The van der Waals surface area contributed by atoms with Gasteiger partial charge in [-0.25, -0.2) is 9.97 Å². The van der Waals surface area contributed by atoms with Crippen molar-refractivity contribution in [3.05, 3.63) is 18.0 Å². The van der Waals surface area contributed by atoms with Crippen LogP contribution < -0.4 is 4.90 Å². The molecular weight excluding hydrogens is 240 g/mol. The number of likely N-dealkylation sites (N-methyl/N-ethyl adjacent to an activating group) is 1. The Morgan fingerprint density at radius 1 is 1.42 bits per heavy atom. The normalized spacial score (nSPS) is 20.5. The van der Waals surface area contributed by atoms with Crippen molar-refractivity contribution in [2.75, 3.05) is 45.3 Å². The maximum Gasteiger partial charge on any atom is 0.225 e. The molecule has 1 aliphatic rings. The summed E-state index contributed by atoms with van der Waals surface area (Å²) in [5.41, 5.74) is 1.10. The molecular formula is C14H24N4O. The van der Waals surface area contributed by atoms with Gasteiger partial charge >= 0.3 is 0 Å². The number of likely N-dealkylation sites (tertiary alicyclic amines) is 1. The summed E-state index contributed by atoms with van der Waals surface area (Å²) in [7, 11) is 3.85. The highest BCUT2D eigenvalue weighted by Crippen LogP contribution is 2.18. The van der Waals surface area contributed by atoms with Crippen LogP contribution in [0.1, 0.15) is 18.4 Å². The molecule has 2 rings (SSSR count). The van der Waals surface area contributed by atoms with E-state index in [4.69, 9.17) is 4.74 Å². The molecule has 0 radical (unpaired) electrons. The first-order chi connectivity index (χ1) is 9.20. The molecule has 1 fully saturated rings. The van der Waals surface area contributed by atoms with E-state index in [1.165, 1.54) is 19.4 Å². The second-order valence-electron chi connectivity index (χ2n) is 5.26. The first-order valence-corrected chi connectivity index (χ1v) is 6.93. The van der Waals surface area contributed by atoms with Crippen molar-refractivity contribution in [2.24, 2.45) is 0 Å². The van der Waals surface area contributed by atoms with E-state index in [0.717, 1.165) is 31.2 Å². The van der Waals surface area contributed by atoms with Crippen molar-refractivity contribution in [2.45, 2.75) is 25.8 Å². The predicted molar refractivity (Wildman–Crippen MR) is 76.5 cm³/mol. The fourth-order valence-corrected chi connectivity index (χ4v) is 2.50. The Morgan fingerprint density at radius 2 is 2.16 bits per heavy atom. The highest BCUT2D eigenvalue weighted by molar-refractivity contribution is 5.30. The molecule has 19 heavy (non-hydrogen) atoms. The SMILES string of the molecule is COCCN1CCCC(N(C)c2ncc(C)cn2)C1. The van der Waals surface area contributed by atoms with Crippen molar-refractivity contribution < 1.29 is 4.74 Å². The average Bonchev–Trinajstić information content (AvgIpc) is 2.45. The molecule has 1 aromatic rings. The van der Waals surface area contributed by atoms with Gasteiger partial charge in [-0.2, -0.15) is 0 Å². The predicted octanol–water partition coefficient (Wildman–Crippen LogP) is 1.33. The quantitative estimate of drug-likeness (QED) is 0.802. The lowest BCUT2D eigenvalue weighted by atomic mass is 10.0. The fraction of sp³-hybridized carbons (Fsp3) is 0.714. The Kier molecular flexibility index (Phi) is 5.10. The number of anilines is 1. The zero-order valence-electron chi connectivity index (χ0n) is 12.2. The summed E-state index contributed by atoms with van der Waals surface area (Å²) < 4.78 is 5.16. The minimum atomic E-state index is 0.494. The zero-order valence-corrected chi connectivity index (χ0v) is 12.2. The molecule has 0 aromatic carbocycles. The Balaban J connectivity index is 1.94. The third-order valence-corrected chi connectivity index (χ3v) is 3.72. The summed E-state index contributed by atoms with van der Waals surface area (Å²) in [5, 5.41) is 0. The number of ether oxygens (including phenoxy) is 1. The van der Waals surface area contributed by atoms with Gasteiger partial charge in [-0.05, 0) is 31.9 Å². The van der Waals surface area contributed by atoms with Crippen LogP contribution in [0.2, 0.25) is 0 Å². The fourth-order valence-electron chi connectivity index (χ4n) is 2.50. The molecule has 5 heteroatoms. The van der Waals surface area contributed by atoms with Gasteiger partial charge in [-0.15, -0.1) is 0 Å². The van der Waals surface area contributed by atoms with Crippen LogP contribution in [-0.2, 0) is 4.74 Å². The summed E-state index contributed by atoms with van der Waals surface area (Å²) in [5.74, 6) is 0.823. The van der Waals surface area contributed by atoms with Crippen molar-refractivity contribution >= 4 is 5.95 Å². The van der Waals surface area contributed by atoms with Crippen molar-refractivity contribution in [1.82, 2.24) is 14.9 Å². The summed E-state index contributed by atoms with van der Waals surface area (Å²) in [6.45, 7) is 6.06. The molecule has 2 heterocycles. The Hall–Kier alpha value is -1.20. The molecule has 0 aliphatic carbocycles. The van der Waals surface area contributed by atoms with Gasteiger partial charge in [0.1, 0.15) is 0 Å². The topological polar surface area (TPSA) is 41.5 Å². The second-order valence-corrected chi connectivity index (χ2v) is 5.26. The molecule has 1 saturated heterocycles. The summed E-state index contributed by atoms with van der Waals surface area (Å²) in [6.07, 6.45) is 6.19. The lowest BCUT2D eigenvalue weighted by Crippen LogP contribution is -2.47. The van der Waals surface area contributed by atoms with Crippen molar-refractivity contribution in [3.63, 3.8) is 0 Å². The standard InChI is InChI=1S/C14H24N4O/c1-12-9-15-14(16-10-12)17(2)13-5-4-6-18(11-13)7-8-19-3/h9-10,13H,4-8,11H2,1-3H3. The van der Waals surface area contributed by atoms with Gasteiger partial charge in [-0.1, -0.05) is 0 Å². The van der Waals surface area contributed by atoms with Crippen LogP contribution in [0, 0.1) is 6.92 Å². The second kappa shape index (κ2) is 6.82. The van der Waals surface area contributed by atoms with E-state index < -0.39 is 0 Å². The summed E-state index contributed by atoms with van der Waals surface area (Å²) >= 11 is 0. The van der Waals surface area contributed by atoms with E-state index in [9.17, 15) is 0 Å². The van der Waals surface area contributed by atoms with Crippen LogP contribution in [0.15, 0.2) is 12.4 Å². The van der Waals surface area contributed by atoms with Crippen LogP contribution in [-0.4, -0.2) is 61.3 Å². The van der Waals surface area contributed by atoms with Gasteiger partial charge in [0, 0.05) is 45.7 Å². The minimum Gasteiger partial charge on any atom is -0.383 e. The van der Waals surface area contributed by atoms with Crippen LogP contribution in [0.25, 0.3) is 0 Å². The molecule has 1 aliphatic heterocycles. The van der Waals surface area contributed by atoms with Gasteiger partial charge in [0.15, 0.2) is 0 Å². The molecule has 0 spiro atoms. The van der Waals surface area contributed by atoms with Crippen LogP contribution in [0.5, 0.6) is 0 Å². The third-order valence-electron chi connectivity index (χ3n) is 3.72. The minimum absolute atomic E-state index is 0.494. The lowest BCUT2D eigenvalue weighted by molar-refractivity contribution is 0.128. The Labute approximate surface area is 115 Å². The van der Waals surface area contributed by atoms with E-state index in [2.05, 4.69) is 26.8 Å². The van der Waals surface area contributed by atoms with Gasteiger partial charge in [-0.3, -0.25) is 4.90 Å².